The van der Waals surface area contributed by atoms with Crippen LogP contribution in [0.3, 0.4) is 0 Å². The Kier molecular flexibility index (Phi) is 5.78. The third kappa shape index (κ3) is 4.01. The molecule has 0 spiro atoms. The number of rotatable bonds is 4. The summed E-state index contributed by atoms with van der Waals surface area (Å²) in [5.74, 6) is 2.51. The minimum Gasteiger partial charge on any atom is -0.461 e. The minimum absolute atomic E-state index is 0.133. The van der Waals surface area contributed by atoms with Gasteiger partial charge in [0.25, 0.3) is 0 Å². The summed E-state index contributed by atoms with van der Waals surface area (Å²) in [5, 5.41) is 2.55. The van der Waals surface area contributed by atoms with Crippen molar-refractivity contribution in [1.29, 1.82) is 0 Å². The number of hydrogen-bond donors (Lipinski definition) is 0. The van der Waals surface area contributed by atoms with Crippen LogP contribution in [0.1, 0.15) is 43.9 Å². The largest absolute Gasteiger partial charge is 0.461 e. The van der Waals surface area contributed by atoms with Crippen LogP contribution in [0, 0.1) is 12.8 Å². The monoisotopic (exact) mass is 557 g/mol. The molecule has 2 heteroatoms. The summed E-state index contributed by atoms with van der Waals surface area (Å²) in [7, 11) is 0. The zero-order valence-corrected chi connectivity index (χ0v) is 25.2. The Morgan fingerprint density at radius 1 is 0.744 bits per heavy atom. The highest BCUT2D eigenvalue weighted by atomic mass is 16.5. The van der Waals surface area contributed by atoms with Crippen molar-refractivity contribution in [3.63, 3.8) is 0 Å². The minimum atomic E-state index is -0.133. The lowest BCUT2D eigenvalue weighted by Gasteiger charge is -2.25. The normalized spacial score (nSPS) is 16.7. The summed E-state index contributed by atoms with van der Waals surface area (Å²) in [6, 6.07) is 37.8. The molecule has 0 saturated heterocycles. The number of hydrogen-bond acceptors (Lipinski definition) is 1. The number of fused-ring (bicyclic) bond motifs is 6. The van der Waals surface area contributed by atoms with Crippen LogP contribution in [0.15, 0.2) is 127 Å². The highest BCUT2D eigenvalue weighted by Gasteiger charge is 2.38. The van der Waals surface area contributed by atoms with Crippen LogP contribution in [0.4, 0.5) is 0 Å². The van der Waals surface area contributed by atoms with E-state index in [1.807, 2.05) is 0 Å². The van der Waals surface area contributed by atoms with Crippen LogP contribution in [0.25, 0.3) is 49.7 Å². The molecule has 0 aliphatic heterocycles. The Morgan fingerprint density at radius 2 is 1.47 bits per heavy atom. The van der Waals surface area contributed by atoms with Gasteiger partial charge in [-0.25, -0.2) is 0 Å². The summed E-state index contributed by atoms with van der Waals surface area (Å²) in [4.78, 5) is 0. The van der Waals surface area contributed by atoms with E-state index in [0.717, 1.165) is 17.9 Å². The van der Waals surface area contributed by atoms with Gasteiger partial charge in [0.15, 0.2) is 0 Å². The van der Waals surface area contributed by atoms with E-state index in [9.17, 15) is 0 Å². The van der Waals surface area contributed by atoms with E-state index >= 15 is 0 Å². The van der Waals surface area contributed by atoms with Crippen molar-refractivity contribution in [2.24, 2.45) is 5.92 Å². The quantitative estimate of drug-likeness (QED) is 0.210. The van der Waals surface area contributed by atoms with Gasteiger partial charge in [0.2, 0.25) is 0 Å². The molecule has 8 rings (SSSR count). The van der Waals surface area contributed by atoms with E-state index in [2.05, 4.69) is 154 Å². The molecule has 1 heterocycles. The smallest absolute Gasteiger partial charge is 0.130 e. The zero-order valence-electron chi connectivity index (χ0n) is 25.2. The third-order valence-corrected chi connectivity index (χ3v) is 9.53. The molecular weight excluding hydrogens is 522 g/mol. The zero-order chi connectivity index (χ0) is 29.3. The van der Waals surface area contributed by atoms with E-state index in [-0.39, 0.29) is 5.41 Å². The lowest BCUT2D eigenvalue weighted by atomic mass is 9.79. The first-order valence-corrected chi connectivity index (χ1v) is 15.3. The second kappa shape index (κ2) is 9.61. The number of aromatic nitrogens is 1. The maximum absolute atomic E-state index is 6.48. The first-order valence-electron chi connectivity index (χ1n) is 15.3. The van der Waals surface area contributed by atoms with Crippen LogP contribution < -0.4 is 4.74 Å². The van der Waals surface area contributed by atoms with Crippen molar-refractivity contribution < 1.29 is 4.74 Å². The number of allylic oxidation sites excluding steroid dienone is 4. The van der Waals surface area contributed by atoms with E-state index < -0.39 is 0 Å². The fourth-order valence-electron chi connectivity index (χ4n) is 7.47. The van der Waals surface area contributed by atoms with Gasteiger partial charge in [-0.1, -0.05) is 93.6 Å². The lowest BCUT2D eigenvalue weighted by molar-refractivity contribution is 0.381. The average molecular weight is 558 g/mol. The molecule has 0 N–H and O–H groups in total. The van der Waals surface area contributed by atoms with Gasteiger partial charge in [-0.15, -0.1) is 0 Å². The Morgan fingerprint density at radius 3 is 2.30 bits per heavy atom. The van der Waals surface area contributed by atoms with Crippen LogP contribution in [-0.4, -0.2) is 4.57 Å². The molecular formula is C41H35NO. The van der Waals surface area contributed by atoms with Gasteiger partial charge in [0.05, 0.1) is 11.0 Å². The van der Waals surface area contributed by atoms with E-state index in [0.29, 0.717) is 5.92 Å². The highest BCUT2D eigenvalue weighted by Crippen LogP contribution is 2.52. The summed E-state index contributed by atoms with van der Waals surface area (Å²) < 4.78 is 8.86. The maximum Gasteiger partial charge on any atom is 0.130 e. The average Bonchev–Trinajstić information content (AvgIpc) is 3.47. The molecule has 0 bridgehead atoms. The topological polar surface area (TPSA) is 14.2 Å². The van der Waals surface area contributed by atoms with E-state index in [4.69, 9.17) is 4.74 Å². The van der Waals surface area contributed by atoms with Crippen LogP contribution in [-0.2, 0) is 5.41 Å². The molecule has 6 aromatic rings. The van der Waals surface area contributed by atoms with E-state index in [1.54, 1.807) is 0 Å². The SMILES string of the molecule is Cc1c(OC2=CC=CC(C)C2)ccc2c1C(C)(C)c1cc(-c3ccc4c(c3)c3ccccc3n4-c3ccccc3)ccc1-2. The molecule has 0 fully saturated rings. The number of nitrogens with zero attached hydrogens (tertiary/aromatic N) is 1. The van der Waals surface area contributed by atoms with Gasteiger partial charge in [-0.2, -0.15) is 0 Å². The van der Waals surface area contributed by atoms with Gasteiger partial charge in [0.1, 0.15) is 11.5 Å². The summed E-state index contributed by atoms with van der Waals surface area (Å²) >= 11 is 0. The van der Waals surface area contributed by atoms with Gasteiger partial charge < -0.3 is 9.30 Å². The predicted molar refractivity (Wildman–Crippen MR) is 180 cm³/mol. The number of benzene rings is 5. The van der Waals surface area contributed by atoms with Crippen molar-refractivity contribution in [1.82, 2.24) is 4.57 Å². The molecule has 2 aliphatic rings. The second-order valence-electron chi connectivity index (χ2n) is 12.7. The first kappa shape index (κ1) is 25.9. The molecule has 0 amide bonds. The van der Waals surface area contributed by atoms with Crippen LogP contribution in [0.2, 0.25) is 0 Å². The van der Waals surface area contributed by atoms with Gasteiger partial charge in [0, 0.05) is 28.3 Å². The fraction of sp³-hybridized carbons (Fsp3) is 0.171. The summed E-state index contributed by atoms with van der Waals surface area (Å²) in [6.07, 6.45) is 7.39. The van der Waals surface area contributed by atoms with Gasteiger partial charge in [-0.05, 0) is 100 Å². The second-order valence-corrected chi connectivity index (χ2v) is 12.7. The Bertz CT molecular complexity index is 2120. The molecule has 0 saturated carbocycles. The molecule has 2 nitrogen and oxygen atoms in total. The predicted octanol–water partition coefficient (Wildman–Crippen LogP) is 10.9. The Labute approximate surface area is 253 Å². The molecule has 210 valence electrons. The first-order chi connectivity index (χ1) is 20.9. The third-order valence-electron chi connectivity index (χ3n) is 9.53. The molecule has 0 radical (unpaired) electrons. The fourth-order valence-corrected chi connectivity index (χ4v) is 7.47. The van der Waals surface area contributed by atoms with Crippen molar-refractivity contribution in [2.45, 2.75) is 39.5 Å². The van der Waals surface area contributed by atoms with Crippen molar-refractivity contribution in [3.05, 3.63) is 144 Å². The lowest BCUT2D eigenvalue weighted by Crippen LogP contribution is -2.17. The Hall–Kier alpha value is -4.82. The summed E-state index contributed by atoms with van der Waals surface area (Å²) in [6.45, 7) is 9.18. The van der Waals surface area contributed by atoms with Crippen molar-refractivity contribution in [2.75, 3.05) is 0 Å². The molecule has 1 unspecified atom stereocenters. The molecule has 2 aliphatic carbocycles. The van der Waals surface area contributed by atoms with Gasteiger partial charge in [-0.3, -0.25) is 0 Å². The van der Waals surface area contributed by atoms with Gasteiger partial charge >= 0.3 is 0 Å². The van der Waals surface area contributed by atoms with Crippen LogP contribution >= 0.6 is 0 Å². The van der Waals surface area contributed by atoms with Crippen molar-refractivity contribution >= 4 is 21.8 Å². The highest BCUT2D eigenvalue weighted by molar-refractivity contribution is 6.10. The summed E-state index contributed by atoms with van der Waals surface area (Å²) in [5.41, 5.74) is 12.6. The molecule has 1 atom stereocenters. The van der Waals surface area contributed by atoms with Crippen LogP contribution in [0.5, 0.6) is 5.75 Å². The molecule has 43 heavy (non-hydrogen) atoms. The van der Waals surface area contributed by atoms with E-state index in [1.165, 1.54) is 66.4 Å². The standard InChI is InChI=1S/C41H35NO/c1-26-11-10-14-31(23-26)43-39-22-20-34-32-19-17-29(25-36(32)41(3,4)40(34)27(39)2)28-18-21-38-35(24-28)33-15-8-9-16-37(33)42(38)30-12-6-5-7-13-30/h5-22,24-26H,23H2,1-4H3. The van der Waals surface area contributed by atoms with Crippen molar-refractivity contribution in [3.8, 4) is 33.7 Å². The molecule has 1 aromatic heterocycles. The maximum atomic E-state index is 6.48. The molecule has 5 aromatic carbocycles. The Balaban J connectivity index is 1.21. The number of ether oxygens (including phenoxy) is 1. The number of para-hydroxylation sites is 2.